The van der Waals surface area contributed by atoms with E-state index in [1.54, 1.807) is 4.52 Å². The first-order valence-corrected chi connectivity index (χ1v) is 8.81. The van der Waals surface area contributed by atoms with E-state index < -0.39 is 9.84 Å². The molecule has 20 heavy (non-hydrogen) atoms. The normalized spacial score (nSPS) is 21.3. The third-order valence-electron chi connectivity index (χ3n) is 3.09. The van der Waals surface area contributed by atoms with E-state index in [4.69, 9.17) is 0 Å². The number of aryl methyl sites for hydroxylation is 1. The third-order valence-corrected chi connectivity index (χ3v) is 5.83. The van der Waals surface area contributed by atoms with Gasteiger partial charge in [-0.3, -0.25) is 4.79 Å². The fourth-order valence-electron chi connectivity index (χ4n) is 2.13. The molecule has 0 radical (unpaired) electrons. The number of rotatable bonds is 4. The van der Waals surface area contributed by atoms with Gasteiger partial charge in [0, 0.05) is 18.9 Å². The van der Waals surface area contributed by atoms with Gasteiger partial charge in [-0.25, -0.2) is 8.42 Å². The van der Waals surface area contributed by atoms with Crippen molar-refractivity contribution in [1.82, 2.24) is 25.1 Å². The van der Waals surface area contributed by atoms with Crippen LogP contribution in [-0.2, 0) is 21.1 Å². The van der Waals surface area contributed by atoms with E-state index >= 15 is 0 Å². The summed E-state index contributed by atoms with van der Waals surface area (Å²) in [4.78, 5) is 12.5. The average molecular weight is 315 g/mol. The second-order valence-electron chi connectivity index (χ2n) is 4.72. The van der Waals surface area contributed by atoms with E-state index in [1.807, 2.05) is 0 Å². The lowest BCUT2D eigenvalue weighted by Gasteiger charge is -2.09. The Kier molecular flexibility index (Phi) is 3.42. The molecule has 10 heteroatoms. The van der Waals surface area contributed by atoms with Crippen LogP contribution >= 0.6 is 11.3 Å². The van der Waals surface area contributed by atoms with Gasteiger partial charge >= 0.3 is 0 Å². The standard InChI is InChI=1S/C10H13N5O3S2/c16-8(12-7-3-4-20(17,18)5-7)1-2-9-14-15-6-11-13-10(15)19-9/h6-7H,1-5H2,(H,12,16). The zero-order valence-electron chi connectivity index (χ0n) is 10.5. The molecule has 1 saturated heterocycles. The van der Waals surface area contributed by atoms with Gasteiger partial charge < -0.3 is 5.32 Å². The number of nitrogens with one attached hydrogen (secondary N) is 1. The van der Waals surface area contributed by atoms with Crippen molar-refractivity contribution < 1.29 is 13.2 Å². The Bertz CT molecular complexity index is 706. The molecule has 1 amide bonds. The summed E-state index contributed by atoms with van der Waals surface area (Å²) in [5, 5.41) is 15.4. The summed E-state index contributed by atoms with van der Waals surface area (Å²) in [6, 6.07) is -0.245. The lowest BCUT2D eigenvalue weighted by atomic mass is 10.2. The molecule has 1 aliphatic rings. The third kappa shape index (κ3) is 2.96. The predicted octanol–water partition coefficient (Wildman–Crippen LogP) is -0.578. The summed E-state index contributed by atoms with van der Waals surface area (Å²) in [5.41, 5.74) is 0. The van der Waals surface area contributed by atoms with E-state index in [9.17, 15) is 13.2 Å². The zero-order valence-corrected chi connectivity index (χ0v) is 12.2. The highest BCUT2D eigenvalue weighted by Gasteiger charge is 2.28. The Labute approximate surface area is 119 Å². The number of amides is 1. The number of carbonyl (C=O) groups is 1. The van der Waals surface area contributed by atoms with E-state index in [0.29, 0.717) is 24.2 Å². The van der Waals surface area contributed by atoms with Crippen LogP contribution in [0.4, 0.5) is 0 Å². The Hall–Kier alpha value is -1.55. The van der Waals surface area contributed by atoms with Gasteiger partial charge in [-0.2, -0.15) is 9.61 Å². The number of hydrogen-bond acceptors (Lipinski definition) is 7. The average Bonchev–Trinajstić information content (AvgIpc) is 3.01. The summed E-state index contributed by atoms with van der Waals surface area (Å²) < 4.78 is 24.2. The quantitative estimate of drug-likeness (QED) is 0.809. The number of carbonyl (C=O) groups excluding carboxylic acids is 1. The van der Waals surface area contributed by atoms with Crippen LogP contribution in [0.3, 0.4) is 0 Å². The predicted molar refractivity (Wildman–Crippen MR) is 72.2 cm³/mol. The van der Waals surface area contributed by atoms with Crippen LogP contribution < -0.4 is 5.32 Å². The number of aromatic nitrogens is 4. The Morgan fingerprint density at radius 1 is 1.55 bits per heavy atom. The molecule has 1 aliphatic heterocycles. The van der Waals surface area contributed by atoms with Crippen molar-refractivity contribution in [3.63, 3.8) is 0 Å². The maximum Gasteiger partial charge on any atom is 0.234 e. The van der Waals surface area contributed by atoms with Crippen molar-refractivity contribution in [3.05, 3.63) is 11.3 Å². The number of sulfone groups is 1. The highest BCUT2D eigenvalue weighted by molar-refractivity contribution is 7.91. The molecule has 1 unspecified atom stereocenters. The zero-order chi connectivity index (χ0) is 14.2. The molecule has 0 bridgehead atoms. The highest BCUT2D eigenvalue weighted by Crippen LogP contribution is 2.14. The lowest BCUT2D eigenvalue weighted by Crippen LogP contribution is -2.35. The molecule has 0 aromatic carbocycles. The molecule has 1 N–H and O–H groups in total. The van der Waals surface area contributed by atoms with E-state index in [-0.39, 0.29) is 23.5 Å². The van der Waals surface area contributed by atoms with Crippen LogP contribution in [0, 0.1) is 0 Å². The highest BCUT2D eigenvalue weighted by atomic mass is 32.2. The van der Waals surface area contributed by atoms with Gasteiger partial charge in [-0.15, -0.1) is 10.2 Å². The summed E-state index contributed by atoms with van der Waals surface area (Å²) in [6.07, 6.45) is 2.82. The lowest BCUT2D eigenvalue weighted by molar-refractivity contribution is -0.121. The van der Waals surface area contributed by atoms with Crippen LogP contribution in [-0.4, -0.2) is 51.7 Å². The minimum absolute atomic E-state index is 0.0511. The largest absolute Gasteiger partial charge is 0.352 e. The Morgan fingerprint density at radius 3 is 3.10 bits per heavy atom. The smallest absolute Gasteiger partial charge is 0.234 e. The van der Waals surface area contributed by atoms with Crippen LogP contribution in [0.2, 0.25) is 0 Å². The Balaban J connectivity index is 1.51. The molecule has 0 saturated carbocycles. The molecular weight excluding hydrogens is 302 g/mol. The second-order valence-corrected chi connectivity index (χ2v) is 7.99. The number of nitrogens with zero attached hydrogens (tertiary/aromatic N) is 4. The van der Waals surface area contributed by atoms with Gasteiger partial charge in [0.25, 0.3) is 0 Å². The molecule has 3 rings (SSSR count). The minimum atomic E-state index is -2.96. The molecule has 3 heterocycles. The van der Waals surface area contributed by atoms with Crippen LogP contribution in [0.25, 0.3) is 4.96 Å². The number of fused-ring (bicyclic) bond motifs is 1. The van der Waals surface area contributed by atoms with Gasteiger partial charge in [-0.05, 0) is 6.42 Å². The van der Waals surface area contributed by atoms with Crippen molar-refractivity contribution >= 4 is 32.0 Å². The van der Waals surface area contributed by atoms with Gasteiger partial charge in [0.05, 0.1) is 11.5 Å². The SMILES string of the molecule is O=C(CCc1nn2cnnc2s1)NC1CCS(=O)(=O)C1. The summed E-state index contributed by atoms with van der Waals surface area (Å²) in [6.45, 7) is 0. The molecule has 0 aliphatic carbocycles. The molecule has 2 aromatic heterocycles. The topological polar surface area (TPSA) is 106 Å². The van der Waals surface area contributed by atoms with Crippen molar-refractivity contribution in [2.45, 2.75) is 25.3 Å². The van der Waals surface area contributed by atoms with Gasteiger partial charge in [-0.1, -0.05) is 11.3 Å². The van der Waals surface area contributed by atoms with Crippen molar-refractivity contribution in [1.29, 1.82) is 0 Å². The molecular formula is C10H13N5O3S2. The van der Waals surface area contributed by atoms with Crippen LogP contribution in [0.1, 0.15) is 17.8 Å². The summed E-state index contributed by atoms with van der Waals surface area (Å²) in [7, 11) is -2.96. The summed E-state index contributed by atoms with van der Waals surface area (Å²) in [5.74, 6) is 0.0717. The maximum atomic E-state index is 11.8. The van der Waals surface area contributed by atoms with Gasteiger partial charge in [0.1, 0.15) is 11.3 Å². The monoisotopic (exact) mass is 315 g/mol. The molecule has 2 aromatic rings. The van der Waals surface area contributed by atoms with Crippen molar-refractivity contribution in [2.24, 2.45) is 0 Å². The fraction of sp³-hybridized carbons (Fsp3) is 0.600. The molecule has 8 nitrogen and oxygen atoms in total. The molecule has 108 valence electrons. The van der Waals surface area contributed by atoms with E-state index in [0.717, 1.165) is 5.01 Å². The van der Waals surface area contributed by atoms with E-state index in [2.05, 4.69) is 20.6 Å². The fourth-order valence-corrected chi connectivity index (χ4v) is 4.62. The molecule has 0 spiro atoms. The van der Waals surface area contributed by atoms with Crippen molar-refractivity contribution in [3.8, 4) is 0 Å². The van der Waals surface area contributed by atoms with Crippen LogP contribution in [0.5, 0.6) is 0 Å². The van der Waals surface area contributed by atoms with Crippen LogP contribution in [0.15, 0.2) is 6.33 Å². The maximum absolute atomic E-state index is 11.8. The van der Waals surface area contributed by atoms with Gasteiger partial charge in [0.2, 0.25) is 10.9 Å². The summed E-state index contributed by atoms with van der Waals surface area (Å²) >= 11 is 1.39. The minimum Gasteiger partial charge on any atom is -0.352 e. The first kappa shape index (κ1) is 13.4. The van der Waals surface area contributed by atoms with Crippen molar-refractivity contribution in [2.75, 3.05) is 11.5 Å². The molecule has 1 atom stereocenters. The first-order chi connectivity index (χ1) is 9.52. The first-order valence-electron chi connectivity index (χ1n) is 6.17. The second kappa shape index (κ2) is 5.09. The molecule has 1 fully saturated rings. The Morgan fingerprint density at radius 2 is 2.40 bits per heavy atom. The number of hydrogen-bond donors (Lipinski definition) is 1. The van der Waals surface area contributed by atoms with E-state index in [1.165, 1.54) is 17.7 Å². The van der Waals surface area contributed by atoms with Gasteiger partial charge in [0.15, 0.2) is 9.84 Å².